The summed E-state index contributed by atoms with van der Waals surface area (Å²) in [6.07, 6.45) is 0. The maximum absolute atomic E-state index is 13.5. The van der Waals surface area contributed by atoms with Crippen LogP contribution in [0.3, 0.4) is 0 Å². The Morgan fingerprint density at radius 2 is 1.78 bits per heavy atom. The predicted molar refractivity (Wildman–Crippen MR) is 69.5 cm³/mol. The Morgan fingerprint density at radius 3 is 2.33 bits per heavy atom. The molecule has 2 rings (SSSR count). The average molecular weight is 400 g/mol. The number of halogens is 5. The summed E-state index contributed by atoms with van der Waals surface area (Å²) < 4.78 is 40.5. The smallest absolute Gasteiger partial charge is 0.206 e. The molecule has 7 heteroatoms. The molecule has 0 amide bonds. The van der Waals surface area contributed by atoms with E-state index in [2.05, 4.69) is 31.9 Å². The first kappa shape index (κ1) is 13.8. The number of carbonyl (C=O) groups excluding carboxylic acids is 1. The number of ketones is 1. The number of hydrogen-bond donors (Lipinski definition) is 0. The van der Waals surface area contributed by atoms with Crippen LogP contribution < -0.4 is 0 Å². The van der Waals surface area contributed by atoms with E-state index in [0.717, 1.165) is 23.5 Å². The molecule has 18 heavy (non-hydrogen) atoms. The SMILES string of the molecule is O=C(c1cc(Br)c(Br)s1)c1ccc(F)c(F)c1F. The maximum Gasteiger partial charge on any atom is 0.206 e. The molecule has 0 N–H and O–H groups in total. The Morgan fingerprint density at radius 1 is 1.11 bits per heavy atom. The molecule has 0 atom stereocenters. The van der Waals surface area contributed by atoms with Crippen molar-refractivity contribution in [2.45, 2.75) is 0 Å². The first-order valence-corrected chi connectivity index (χ1v) is 6.95. The number of rotatable bonds is 2. The highest BCUT2D eigenvalue weighted by Crippen LogP contribution is 2.34. The third kappa shape index (κ3) is 2.39. The molecule has 0 bridgehead atoms. The van der Waals surface area contributed by atoms with Crippen molar-refractivity contribution >= 4 is 49.0 Å². The molecule has 0 aliphatic rings. The van der Waals surface area contributed by atoms with Gasteiger partial charge in [-0.3, -0.25) is 4.79 Å². The monoisotopic (exact) mass is 398 g/mol. The third-order valence-corrected chi connectivity index (χ3v) is 5.40. The quantitative estimate of drug-likeness (QED) is 0.517. The third-order valence-electron chi connectivity index (χ3n) is 2.15. The number of thiophene rings is 1. The lowest BCUT2D eigenvalue weighted by molar-refractivity contribution is 0.103. The molecule has 0 spiro atoms. The number of benzene rings is 1. The summed E-state index contributed by atoms with van der Waals surface area (Å²) in [5.41, 5.74) is -0.491. The number of carbonyl (C=O) groups is 1. The fourth-order valence-corrected chi connectivity index (χ4v) is 3.28. The summed E-state index contributed by atoms with van der Waals surface area (Å²) in [6, 6.07) is 3.14. The zero-order valence-electron chi connectivity index (χ0n) is 8.44. The largest absolute Gasteiger partial charge is 0.288 e. The van der Waals surface area contributed by atoms with Gasteiger partial charge in [-0.1, -0.05) is 0 Å². The summed E-state index contributed by atoms with van der Waals surface area (Å²) in [5, 5.41) is 0. The van der Waals surface area contributed by atoms with E-state index >= 15 is 0 Å². The molecular formula is C11H3Br2F3OS. The molecule has 94 valence electrons. The van der Waals surface area contributed by atoms with Gasteiger partial charge in [0.25, 0.3) is 0 Å². The van der Waals surface area contributed by atoms with Gasteiger partial charge in [-0.15, -0.1) is 11.3 Å². The van der Waals surface area contributed by atoms with Gasteiger partial charge in [0.15, 0.2) is 17.5 Å². The maximum atomic E-state index is 13.5. The number of hydrogen-bond acceptors (Lipinski definition) is 2. The van der Waals surface area contributed by atoms with Gasteiger partial charge < -0.3 is 0 Å². The van der Waals surface area contributed by atoms with E-state index in [4.69, 9.17) is 0 Å². The minimum atomic E-state index is -1.64. The Hall–Kier alpha value is -0.660. The second-order valence-electron chi connectivity index (χ2n) is 3.28. The first-order chi connectivity index (χ1) is 8.41. The van der Waals surface area contributed by atoms with Gasteiger partial charge in [-0.05, 0) is 50.1 Å². The highest BCUT2D eigenvalue weighted by Gasteiger charge is 2.21. The van der Waals surface area contributed by atoms with E-state index in [9.17, 15) is 18.0 Å². The summed E-state index contributed by atoms with van der Waals surface area (Å²) >= 11 is 7.45. The Bertz CT molecular complexity index is 620. The van der Waals surface area contributed by atoms with Gasteiger partial charge in [-0.2, -0.15) is 0 Å². The lowest BCUT2D eigenvalue weighted by Gasteiger charge is -2.02. The van der Waals surface area contributed by atoms with Gasteiger partial charge in [-0.25, -0.2) is 13.2 Å². The van der Waals surface area contributed by atoms with Gasteiger partial charge in [0.2, 0.25) is 5.78 Å². The van der Waals surface area contributed by atoms with E-state index in [1.54, 1.807) is 0 Å². The van der Waals surface area contributed by atoms with Crippen LogP contribution in [0.1, 0.15) is 15.2 Å². The summed E-state index contributed by atoms with van der Waals surface area (Å²) in [4.78, 5) is 12.2. The van der Waals surface area contributed by atoms with E-state index in [-0.39, 0.29) is 4.88 Å². The average Bonchev–Trinajstić information content (AvgIpc) is 2.66. The van der Waals surface area contributed by atoms with Crippen LogP contribution in [0.2, 0.25) is 0 Å². The van der Waals surface area contributed by atoms with Crippen LogP contribution in [0.15, 0.2) is 26.5 Å². The van der Waals surface area contributed by atoms with Crippen LogP contribution in [0, 0.1) is 17.5 Å². The Labute approximate surface area is 121 Å². The molecule has 0 saturated carbocycles. The highest BCUT2D eigenvalue weighted by molar-refractivity contribution is 9.13. The molecule has 0 fully saturated rings. The van der Waals surface area contributed by atoms with E-state index < -0.39 is 28.8 Å². The summed E-state index contributed by atoms with van der Waals surface area (Å²) in [6.45, 7) is 0. The van der Waals surface area contributed by atoms with E-state index in [1.165, 1.54) is 6.07 Å². The van der Waals surface area contributed by atoms with Gasteiger partial charge in [0.1, 0.15) is 0 Å². The molecule has 0 aliphatic carbocycles. The molecule has 0 saturated heterocycles. The Kier molecular flexibility index (Phi) is 3.93. The normalized spacial score (nSPS) is 10.7. The van der Waals surface area contributed by atoms with Gasteiger partial charge in [0, 0.05) is 4.47 Å². The van der Waals surface area contributed by atoms with Crippen molar-refractivity contribution in [1.82, 2.24) is 0 Å². The van der Waals surface area contributed by atoms with Gasteiger partial charge in [0.05, 0.1) is 14.2 Å². The van der Waals surface area contributed by atoms with E-state index in [0.29, 0.717) is 8.26 Å². The van der Waals surface area contributed by atoms with Crippen LogP contribution in [0.25, 0.3) is 0 Å². The highest BCUT2D eigenvalue weighted by atomic mass is 79.9. The topological polar surface area (TPSA) is 17.1 Å². The molecule has 0 unspecified atom stereocenters. The molecule has 1 nitrogen and oxygen atoms in total. The van der Waals surface area contributed by atoms with Crippen LogP contribution in [-0.4, -0.2) is 5.78 Å². The molecule has 1 heterocycles. The molecule has 1 aromatic heterocycles. The fraction of sp³-hybridized carbons (Fsp3) is 0. The summed E-state index contributed by atoms with van der Waals surface area (Å²) in [5.74, 6) is -5.13. The van der Waals surface area contributed by atoms with Gasteiger partial charge >= 0.3 is 0 Å². The van der Waals surface area contributed by atoms with Crippen LogP contribution in [0.5, 0.6) is 0 Å². The van der Waals surface area contributed by atoms with Crippen molar-refractivity contribution in [2.75, 3.05) is 0 Å². The van der Waals surface area contributed by atoms with Crippen molar-refractivity contribution in [3.63, 3.8) is 0 Å². The van der Waals surface area contributed by atoms with Crippen molar-refractivity contribution in [3.8, 4) is 0 Å². The van der Waals surface area contributed by atoms with Crippen molar-refractivity contribution < 1.29 is 18.0 Å². The predicted octanol–water partition coefficient (Wildman–Crippen LogP) is 4.92. The summed E-state index contributed by atoms with van der Waals surface area (Å²) in [7, 11) is 0. The van der Waals surface area contributed by atoms with Crippen molar-refractivity contribution in [2.24, 2.45) is 0 Å². The standard InChI is InChI=1S/C11H3Br2F3OS/c12-5-3-7(18-11(5)13)10(17)4-1-2-6(14)9(16)8(4)15/h1-3H. The first-order valence-electron chi connectivity index (χ1n) is 4.55. The van der Waals surface area contributed by atoms with Crippen molar-refractivity contribution in [3.05, 3.63) is 54.4 Å². The molecule has 2 aromatic rings. The van der Waals surface area contributed by atoms with Crippen LogP contribution >= 0.6 is 43.2 Å². The zero-order valence-corrected chi connectivity index (χ0v) is 12.4. The molecule has 1 aromatic carbocycles. The van der Waals surface area contributed by atoms with E-state index in [1.807, 2.05) is 0 Å². The Balaban J connectivity index is 2.50. The molecular weight excluding hydrogens is 397 g/mol. The lowest BCUT2D eigenvalue weighted by atomic mass is 10.1. The minimum Gasteiger partial charge on any atom is -0.288 e. The fourth-order valence-electron chi connectivity index (χ4n) is 1.29. The molecule has 0 radical (unpaired) electrons. The van der Waals surface area contributed by atoms with Crippen LogP contribution in [-0.2, 0) is 0 Å². The van der Waals surface area contributed by atoms with Crippen molar-refractivity contribution in [1.29, 1.82) is 0 Å². The second-order valence-corrected chi connectivity index (χ2v) is 6.51. The zero-order chi connectivity index (χ0) is 13.4. The van der Waals surface area contributed by atoms with Crippen LogP contribution in [0.4, 0.5) is 13.2 Å². The second kappa shape index (κ2) is 5.14. The molecule has 0 aliphatic heterocycles. The minimum absolute atomic E-state index is 0.221. The lowest BCUT2D eigenvalue weighted by Crippen LogP contribution is -2.05.